The van der Waals surface area contributed by atoms with Crippen LogP contribution in [0.5, 0.6) is 11.8 Å². The van der Waals surface area contributed by atoms with Crippen LogP contribution in [0.25, 0.3) is 12.2 Å². The zero-order valence-electron chi connectivity index (χ0n) is 39.9. The van der Waals surface area contributed by atoms with Gasteiger partial charge in [0.05, 0.1) is 20.8 Å². The third kappa shape index (κ3) is 26.1. The minimum Gasteiger partial charge on any atom is -0.476 e. The first-order chi connectivity index (χ1) is 30.4. The molecule has 4 nitrogen and oxygen atoms in total. The van der Waals surface area contributed by atoms with Gasteiger partial charge in [0.15, 0.2) is 0 Å². The van der Waals surface area contributed by atoms with Crippen LogP contribution in [-0.4, -0.2) is 23.2 Å². The van der Waals surface area contributed by atoms with Crippen LogP contribution in [0.15, 0.2) is 31.8 Å². The number of thiophene rings is 2. The van der Waals surface area contributed by atoms with Gasteiger partial charge in [-0.3, -0.25) is 0 Å². The molecule has 0 aromatic carbocycles. The van der Waals surface area contributed by atoms with E-state index in [2.05, 4.69) is 96.0 Å². The molecule has 3 aromatic rings. The largest absolute Gasteiger partial charge is 0.476 e. The van der Waals surface area contributed by atoms with Crippen molar-refractivity contribution in [1.82, 2.24) is 9.97 Å². The highest BCUT2D eigenvalue weighted by Crippen LogP contribution is 2.26. The lowest BCUT2D eigenvalue weighted by Crippen LogP contribution is -2.28. The summed E-state index contributed by atoms with van der Waals surface area (Å²) in [5.74, 6) is 2.27. The summed E-state index contributed by atoms with van der Waals surface area (Å²) in [5, 5.41) is 1.53. The Morgan fingerprint density at radius 1 is 0.419 bits per heavy atom. The highest BCUT2D eigenvalue weighted by molar-refractivity contribution is 9.11. The van der Waals surface area contributed by atoms with Gasteiger partial charge < -0.3 is 9.47 Å². The summed E-state index contributed by atoms with van der Waals surface area (Å²) in [4.78, 5) is 12.9. The highest BCUT2D eigenvalue weighted by Gasteiger charge is 2.17. The normalized spacial score (nSPS) is 13.3. The summed E-state index contributed by atoms with van der Waals surface area (Å²) >= 11 is 10.8. The van der Waals surface area contributed by atoms with Crippen LogP contribution in [0.4, 0.5) is 0 Å². The molecule has 3 rings (SSSR count). The van der Waals surface area contributed by atoms with E-state index in [0.29, 0.717) is 36.8 Å². The smallest absolute Gasteiger partial charge is 0.240 e. The van der Waals surface area contributed by atoms with E-state index in [-0.39, 0.29) is 0 Å². The minimum atomic E-state index is 0.516. The number of ether oxygens (including phenoxy) is 2. The SMILES string of the molecule is CCCCCCCCCCC(CCCCCCCC)COc1nc(=Cc2ccc(Br)s2)c(OCC(CCCCCCCC)CCCCCCCCCC)nc1=Cc1ccc(Br)s1. The third-order valence-electron chi connectivity index (χ3n) is 12.4. The first-order valence-electron chi connectivity index (χ1n) is 25.8. The molecular weight excluding hydrogens is 933 g/mol. The summed E-state index contributed by atoms with van der Waals surface area (Å²) in [5.41, 5.74) is 0. The van der Waals surface area contributed by atoms with Gasteiger partial charge in [0.2, 0.25) is 11.8 Å². The minimum absolute atomic E-state index is 0.516. The van der Waals surface area contributed by atoms with Crippen molar-refractivity contribution in [3.63, 3.8) is 0 Å². The van der Waals surface area contributed by atoms with Gasteiger partial charge in [0.1, 0.15) is 10.7 Å². The van der Waals surface area contributed by atoms with Gasteiger partial charge in [0.25, 0.3) is 0 Å². The lowest BCUT2D eigenvalue weighted by atomic mass is 9.94. The van der Waals surface area contributed by atoms with Crippen molar-refractivity contribution in [3.8, 4) is 11.8 Å². The number of aromatic nitrogens is 2. The van der Waals surface area contributed by atoms with Gasteiger partial charge in [-0.05, 0) is 106 Å². The lowest BCUT2D eigenvalue weighted by Gasteiger charge is -2.19. The molecule has 0 aliphatic rings. The van der Waals surface area contributed by atoms with E-state index in [9.17, 15) is 0 Å². The molecule has 0 saturated heterocycles. The molecule has 62 heavy (non-hydrogen) atoms. The van der Waals surface area contributed by atoms with E-state index in [1.165, 1.54) is 205 Å². The van der Waals surface area contributed by atoms with Crippen LogP contribution < -0.4 is 20.2 Å². The second kappa shape index (κ2) is 36.9. The number of halogens is 2. The van der Waals surface area contributed by atoms with Gasteiger partial charge in [-0.15, -0.1) is 22.7 Å². The van der Waals surface area contributed by atoms with Crippen LogP contribution in [-0.2, 0) is 0 Å². The van der Waals surface area contributed by atoms with Crippen LogP contribution >= 0.6 is 54.5 Å². The summed E-state index contributed by atoms with van der Waals surface area (Å²) in [6, 6.07) is 8.51. The van der Waals surface area contributed by atoms with E-state index < -0.39 is 0 Å². The molecule has 0 N–H and O–H groups in total. The van der Waals surface area contributed by atoms with Gasteiger partial charge >= 0.3 is 0 Å². The number of hydrogen-bond acceptors (Lipinski definition) is 6. The lowest BCUT2D eigenvalue weighted by molar-refractivity contribution is 0.203. The maximum Gasteiger partial charge on any atom is 0.240 e. The Kier molecular flexibility index (Phi) is 32.8. The van der Waals surface area contributed by atoms with Gasteiger partial charge in [-0.25, -0.2) is 9.97 Å². The monoisotopic (exact) mass is 1020 g/mol. The topological polar surface area (TPSA) is 44.2 Å². The molecule has 0 saturated carbocycles. The molecule has 0 bridgehead atoms. The first kappa shape index (κ1) is 55.1. The Morgan fingerprint density at radius 2 is 0.694 bits per heavy atom. The van der Waals surface area contributed by atoms with Crippen molar-refractivity contribution in [3.05, 3.63) is 52.3 Å². The van der Waals surface area contributed by atoms with Crippen molar-refractivity contribution < 1.29 is 9.47 Å². The second-order valence-electron chi connectivity index (χ2n) is 18.2. The molecule has 0 aliphatic carbocycles. The standard InChI is InChI=1S/C54H88Br2N2O2S2/c1-5-9-13-17-21-23-27-31-35-45(33-29-25-19-15-11-7-3)43-59-53-49(41-47-37-39-51(55)61-47)58-54(50(57-53)42-48-38-40-52(56)62-48)60-44-46(34-30-26-20-16-12-8-4)36-32-28-24-22-18-14-10-6-2/h37-42,45-46H,5-36,43-44H2,1-4H3. The molecule has 0 aliphatic heterocycles. The molecular formula is C54H88Br2N2O2S2. The number of rotatable bonds is 40. The molecule has 352 valence electrons. The fourth-order valence-corrected chi connectivity index (χ4v) is 11.2. The fourth-order valence-electron chi connectivity index (χ4n) is 8.49. The average molecular weight is 1020 g/mol. The van der Waals surface area contributed by atoms with Crippen molar-refractivity contribution in [2.75, 3.05) is 13.2 Å². The fraction of sp³-hybridized carbons (Fsp3) is 0.741. The quantitative estimate of drug-likeness (QED) is 0.0533. The van der Waals surface area contributed by atoms with E-state index in [1.807, 2.05) is 0 Å². The molecule has 0 spiro atoms. The van der Waals surface area contributed by atoms with Crippen LogP contribution in [0.3, 0.4) is 0 Å². The molecule has 0 radical (unpaired) electrons. The maximum absolute atomic E-state index is 6.87. The van der Waals surface area contributed by atoms with Crippen molar-refractivity contribution in [2.24, 2.45) is 11.8 Å². The van der Waals surface area contributed by atoms with Crippen LogP contribution in [0.2, 0.25) is 0 Å². The van der Waals surface area contributed by atoms with E-state index in [0.717, 1.165) is 28.0 Å². The zero-order valence-corrected chi connectivity index (χ0v) is 44.7. The molecule has 0 amide bonds. The Hall–Kier alpha value is -1.22. The second-order valence-corrected chi connectivity index (χ2v) is 23.2. The molecule has 3 aromatic heterocycles. The Morgan fingerprint density at radius 3 is 0.952 bits per heavy atom. The molecule has 2 atom stereocenters. The average Bonchev–Trinajstić information content (AvgIpc) is 3.89. The first-order valence-corrected chi connectivity index (χ1v) is 29.0. The third-order valence-corrected chi connectivity index (χ3v) is 15.5. The van der Waals surface area contributed by atoms with E-state index in [4.69, 9.17) is 19.4 Å². The highest BCUT2D eigenvalue weighted by atomic mass is 79.9. The Bertz CT molecular complexity index is 1520. The van der Waals surface area contributed by atoms with E-state index >= 15 is 0 Å². The van der Waals surface area contributed by atoms with Gasteiger partial charge in [-0.2, -0.15) is 0 Å². The predicted octanol–water partition coefficient (Wildman–Crippen LogP) is 18.3. The van der Waals surface area contributed by atoms with Crippen LogP contribution in [0.1, 0.15) is 243 Å². The number of hydrogen-bond donors (Lipinski definition) is 0. The zero-order chi connectivity index (χ0) is 44.3. The van der Waals surface area contributed by atoms with E-state index in [1.54, 1.807) is 22.7 Å². The Balaban J connectivity index is 1.86. The predicted molar refractivity (Wildman–Crippen MR) is 281 cm³/mol. The summed E-state index contributed by atoms with van der Waals surface area (Å²) in [7, 11) is 0. The summed E-state index contributed by atoms with van der Waals surface area (Å²) in [6.07, 6.45) is 46.7. The number of unbranched alkanes of at least 4 members (excludes halogenated alkanes) is 24. The molecule has 3 heterocycles. The molecule has 0 fully saturated rings. The van der Waals surface area contributed by atoms with Crippen molar-refractivity contribution >= 4 is 66.7 Å². The van der Waals surface area contributed by atoms with Crippen molar-refractivity contribution in [1.29, 1.82) is 0 Å². The summed E-state index contributed by atoms with van der Waals surface area (Å²) < 4.78 is 15.9. The van der Waals surface area contributed by atoms with Gasteiger partial charge in [-0.1, -0.05) is 207 Å². The molecule has 2 unspecified atom stereocenters. The van der Waals surface area contributed by atoms with Gasteiger partial charge in [0, 0.05) is 9.75 Å². The van der Waals surface area contributed by atoms with Crippen molar-refractivity contribution in [2.45, 2.75) is 233 Å². The maximum atomic E-state index is 6.87. The Labute approximate surface area is 405 Å². The van der Waals surface area contributed by atoms with Crippen LogP contribution in [0, 0.1) is 11.8 Å². The number of nitrogens with zero attached hydrogens (tertiary/aromatic N) is 2. The summed E-state index contributed by atoms with van der Waals surface area (Å²) in [6.45, 7) is 10.6. The molecule has 8 heteroatoms.